The van der Waals surface area contributed by atoms with Gasteiger partial charge in [-0.1, -0.05) is 170 Å². The van der Waals surface area contributed by atoms with Crippen molar-refractivity contribution in [2.75, 3.05) is 0 Å². The summed E-state index contributed by atoms with van der Waals surface area (Å²) in [6.07, 6.45) is 7.02. The van der Waals surface area contributed by atoms with Crippen molar-refractivity contribution in [2.24, 2.45) is 23.7 Å². The zero-order valence-corrected chi connectivity index (χ0v) is 34.7. The van der Waals surface area contributed by atoms with E-state index >= 15 is 0 Å². The molecule has 2 heteroatoms. The predicted molar refractivity (Wildman–Crippen MR) is 255 cm³/mol. The Morgan fingerprint density at radius 3 is 1.48 bits per heavy atom. The molecule has 0 atom stereocenters. The first kappa shape index (κ1) is 35.8. The minimum absolute atomic E-state index is 0.123. The van der Waals surface area contributed by atoms with Crippen LogP contribution in [0.25, 0.3) is 89.2 Å². The van der Waals surface area contributed by atoms with Gasteiger partial charge in [0.05, 0.1) is 11.4 Å². The lowest BCUT2D eigenvalue weighted by molar-refractivity contribution is -0.0398. The summed E-state index contributed by atoms with van der Waals surface area (Å²) < 4.78 is 0. The SMILES string of the molecule is c1ccc(-c2ccc(-c3cc(-c4ccc(-c5cccc(-c6cccc7c6-c6cc8ccccc8cc6C76C7CC8CC(C7)CC6C8)c5)cc4)nc(-c4ccccc4)n3)cc2)cc1. The maximum atomic E-state index is 5.14. The Morgan fingerprint density at radius 1 is 0.339 bits per heavy atom. The van der Waals surface area contributed by atoms with Crippen molar-refractivity contribution in [3.8, 4) is 78.4 Å². The average molecular weight is 795 g/mol. The van der Waals surface area contributed by atoms with Crippen LogP contribution >= 0.6 is 0 Å². The van der Waals surface area contributed by atoms with Gasteiger partial charge in [-0.2, -0.15) is 0 Å². The lowest BCUT2D eigenvalue weighted by atomic mass is 9.43. The number of nitrogens with zero attached hydrogens (tertiary/aromatic N) is 2. The van der Waals surface area contributed by atoms with Crippen LogP contribution in [0.3, 0.4) is 0 Å². The van der Waals surface area contributed by atoms with Gasteiger partial charge in [-0.3, -0.25) is 0 Å². The summed E-state index contributed by atoms with van der Waals surface area (Å²) in [6.45, 7) is 0. The molecule has 4 bridgehead atoms. The van der Waals surface area contributed by atoms with Crippen LogP contribution in [0.15, 0.2) is 194 Å². The molecule has 9 aromatic rings. The van der Waals surface area contributed by atoms with Crippen LogP contribution in [-0.2, 0) is 5.41 Å². The minimum Gasteiger partial charge on any atom is -0.228 e. The van der Waals surface area contributed by atoms with Gasteiger partial charge in [0.2, 0.25) is 0 Å². The Labute approximate surface area is 364 Å². The van der Waals surface area contributed by atoms with Gasteiger partial charge < -0.3 is 0 Å². The number of aromatic nitrogens is 2. The fourth-order valence-corrected chi connectivity index (χ4v) is 12.8. The maximum absolute atomic E-state index is 5.14. The van der Waals surface area contributed by atoms with Crippen molar-refractivity contribution in [3.63, 3.8) is 0 Å². The van der Waals surface area contributed by atoms with Gasteiger partial charge in [0.1, 0.15) is 0 Å². The number of fused-ring (bicyclic) bond motifs is 4. The van der Waals surface area contributed by atoms with Crippen LogP contribution in [0.2, 0.25) is 0 Å². The van der Waals surface area contributed by atoms with Crippen molar-refractivity contribution in [1.29, 1.82) is 0 Å². The van der Waals surface area contributed by atoms with E-state index < -0.39 is 0 Å². The molecule has 0 aliphatic heterocycles. The van der Waals surface area contributed by atoms with Crippen molar-refractivity contribution in [3.05, 3.63) is 205 Å². The highest BCUT2D eigenvalue weighted by molar-refractivity contribution is 5.99. The highest BCUT2D eigenvalue weighted by Gasteiger charge is 2.61. The molecule has 5 aliphatic rings. The molecule has 2 nitrogen and oxygen atoms in total. The van der Waals surface area contributed by atoms with E-state index in [-0.39, 0.29) is 5.41 Å². The monoisotopic (exact) mass is 794 g/mol. The van der Waals surface area contributed by atoms with Gasteiger partial charge >= 0.3 is 0 Å². The summed E-state index contributed by atoms with van der Waals surface area (Å²) in [5.74, 6) is 4.02. The van der Waals surface area contributed by atoms with Crippen LogP contribution in [-0.4, -0.2) is 9.97 Å². The van der Waals surface area contributed by atoms with E-state index in [9.17, 15) is 0 Å². The summed E-state index contributed by atoms with van der Waals surface area (Å²) in [7, 11) is 0. The van der Waals surface area contributed by atoms with Crippen LogP contribution in [0, 0.1) is 23.7 Å². The lowest BCUT2D eigenvalue weighted by Crippen LogP contribution is -2.55. The summed E-state index contributed by atoms with van der Waals surface area (Å²) in [4.78, 5) is 10.2. The van der Waals surface area contributed by atoms with Gasteiger partial charge in [-0.05, 0) is 146 Å². The second-order valence-electron chi connectivity index (χ2n) is 18.6. The van der Waals surface area contributed by atoms with Gasteiger partial charge in [-0.15, -0.1) is 0 Å². The number of benzene rings is 8. The highest BCUT2D eigenvalue weighted by Crippen LogP contribution is 2.70. The largest absolute Gasteiger partial charge is 0.228 e. The van der Waals surface area contributed by atoms with Gasteiger partial charge in [0.15, 0.2) is 5.82 Å². The van der Waals surface area contributed by atoms with E-state index in [4.69, 9.17) is 9.97 Å². The molecule has 0 amide bonds. The third-order valence-electron chi connectivity index (χ3n) is 15.3. The Hall–Kier alpha value is -6.90. The van der Waals surface area contributed by atoms with Crippen LogP contribution in [0.5, 0.6) is 0 Å². The standard InChI is InChI=1S/C60H46N2/c1-3-11-40(12-4-1)41-21-25-43(26-22-41)56-37-57(62-59(61-56)45-13-5-2-6-14-45)44-27-23-42(24-28-44)46-17-9-18-49(34-46)52-19-10-20-54-58(52)53-35-47-15-7-8-16-48(47)36-55(53)60(54)50-30-38-29-39(32-50)33-51(60)31-38/h1-28,34-39,50-51H,29-33H2. The van der Waals surface area contributed by atoms with Crippen molar-refractivity contribution in [1.82, 2.24) is 9.97 Å². The molecule has 62 heavy (non-hydrogen) atoms. The molecular formula is C60H46N2. The molecule has 0 saturated heterocycles. The van der Waals surface area contributed by atoms with Crippen LogP contribution < -0.4 is 0 Å². The zero-order valence-electron chi connectivity index (χ0n) is 34.7. The molecule has 8 aromatic carbocycles. The van der Waals surface area contributed by atoms with Gasteiger partial charge in [-0.25, -0.2) is 9.97 Å². The molecule has 0 unspecified atom stereocenters. The van der Waals surface area contributed by atoms with Gasteiger partial charge in [0.25, 0.3) is 0 Å². The molecule has 1 spiro atoms. The van der Waals surface area contributed by atoms with E-state index in [2.05, 4.69) is 176 Å². The first-order chi connectivity index (χ1) is 30.7. The van der Waals surface area contributed by atoms with E-state index in [0.717, 1.165) is 57.6 Å². The summed E-state index contributed by atoms with van der Waals surface area (Å²) in [5, 5.41) is 2.72. The number of hydrogen-bond donors (Lipinski definition) is 0. The Kier molecular flexibility index (Phi) is 8.13. The molecule has 296 valence electrons. The Bertz CT molecular complexity index is 3140. The van der Waals surface area contributed by atoms with E-state index in [1.807, 2.05) is 18.2 Å². The van der Waals surface area contributed by atoms with Gasteiger partial charge in [0, 0.05) is 22.1 Å². The summed E-state index contributed by atoms with van der Waals surface area (Å²) >= 11 is 0. The second-order valence-corrected chi connectivity index (χ2v) is 18.6. The predicted octanol–water partition coefficient (Wildman–Crippen LogP) is 15.4. The second kappa shape index (κ2) is 14.1. The topological polar surface area (TPSA) is 25.8 Å². The smallest absolute Gasteiger partial charge is 0.160 e. The van der Waals surface area contributed by atoms with E-state index in [1.165, 1.54) is 87.4 Å². The Morgan fingerprint density at radius 2 is 0.839 bits per heavy atom. The molecule has 0 radical (unpaired) electrons. The summed E-state index contributed by atoms with van der Waals surface area (Å²) in [6, 6.07) is 71.4. The third-order valence-corrected chi connectivity index (χ3v) is 15.3. The maximum Gasteiger partial charge on any atom is 0.160 e. The van der Waals surface area contributed by atoms with E-state index in [0.29, 0.717) is 0 Å². The van der Waals surface area contributed by atoms with Crippen LogP contribution in [0.4, 0.5) is 0 Å². The van der Waals surface area contributed by atoms with Crippen molar-refractivity contribution < 1.29 is 0 Å². The molecule has 14 rings (SSSR count). The quantitative estimate of drug-likeness (QED) is 0.168. The molecule has 0 N–H and O–H groups in total. The fraction of sp³-hybridized carbons (Fsp3) is 0.167. The molecule has 1 aromatic heterocycles. The van der Waals surface area contributed by atoms with Crippen molar-refractivity contribution >= 4 is 10.8 Å². The zero-order chi connectivity index (χ0) is 40.8. The molecule has 4 saturated carbocycles. The third kappa shape index (κ3) is 5.62. The summed E-state index contributed by atoms with van der Waals surface area (Å²) in [5.41, 5.74) is 18.7. The first-order valence-corrected chi connectivity index (χ1v) is 22.6. The molecule has 5 aliphatic carbocycles. The van der Waals surface area contributed by atoms with Crippen molar-refractivity contribution in [2.45, 2.75) is 37.5 Å². The first-order valence-electron chi connectivity index (χ1n) is 22.6. The lowest BCUT2D eigenvalue weighted by Gasteiger charge is -2.61. The molecule has 4 fully saturated rings. The average Bonchev–Trinajstić information content (AvgIpc) is 3.62. The number of hydrogen-bond acceptors (Lipinski definition) is 2. The molecule has 1 heterocycles. The number of rotatable bonds is 6. The fourth-order valence-electron chi connectivity index (χ4n) is 12.8. The van der Waals surface area contributed by atoms with E-state index in [1.54, 1.807) is 11.1 Å². The molecular weight excluding hydrogens is 749 g/mol. The Balaban J connectivity index is 0.878. The highest BCUT2D eigenvalue weighted by atomic mass is 14.9. The van der Waals surface area contributed by atoms with Crippen LogP contribution in [0.1, 0.15) is 43.2 Å². The normalized spacial score (nSPS) is 21.6. The minimum atomic E-state index is 0.123.